The average Bonchev–Trinajstić information content (AvgIpc) is 1.84. The second kappa shape index (κ2) is 6.21. The number of aliphatic hydroxyl groups is 1. The normalized spacial score (nSPS) is 13.4. The van der Waals surface area contributed by atoms with E-state index >= 15 is 0 Å². The highest BCUT2D eigenvalue weighted by Gasteiger charge is 2.01. The van der Waals surface area contributed by atoms with Gasteiger partial charge in [-0.3, -0.25) is 0 Å². The van der Waals surface area contributed by atoms with Gasteiger partial charge in [-0.25, -0.2) is 0 Å². The van der Waals surface area contributed by atoms with E-state index in [1.807, 2.05) is 14.0 Å². The van der Waals surface area contributed by atoms with Crippen molar-refractivity contribution >= 4 is 0 Å². The minimum Gasteiger partial charge on any atom is -0.392 e. The van der Waals surface area contributed by atoms with Crippen molar-refractivity contribution in [2.24, 2.45) is 0 Å². The zero-order valence-corrected chi connectivity index (χ0v) is 8.51. The van der Waals surface area contributed by atoms with Gasteiger partial charge in [-0.2, -0.15) is 0 Å². The van der Waals surface area contributed by atoms with Crippen molar-refractivity contribution in [3.8, 4) is 0 Å². The van der Waals surface area contributed by atoms with Crippen LogP contribution in [0.4, 0.5) is 0 Å². The van der Waals surface area contributed by atoms with Crippen LogP contribution in [0.25, 0.3) is 0 Å². The highest BCUT2D eigenvalue weighted by atomic mass is 16.3. The Kier molecular flexibility index (Phi) is 6.03. The molecule has 0 aromatic rings. The monoisotopic (exact) mass is 171 g/mol. The van der Waals surface area contributed by atoms with Gasteiger partial charge in [0.05, 0.1) is 6.10 Å². The van der Waals surface area contributed by atoms with Gasteiger partial charge in [0.15, 0.2) is 0 Å². The van der Waals surface area contributed by atoms with Gasteiger partial charge in [0.2, 0.25) is 0 Å². The lowest BCUT2D eigenvalue weighted by Crippen LogP contribution is -2.28. The summed E-state index contributed by atoms with van der Waals surface area (Å²) in [6.07, 6.45) is 2.00. The van der Waals surface area contributed by atoms with E-state index in [2.05, 4.69) is 18.4 Å². The van der Waals surface area contributed by atoms with Crippen molar-refractivity contribution in [1.29, 1.82) is 0 Å². The molecule has 1 atom stereocenters. The second-order valence-electron chi connectivity index (χ2n) is 3.67. The molecule has 0 aromatic heterocycles. The summed E-state index contributed by atoms with van der Waals surface area (Å²) in [5.74, 6) is 0. The molecule has 0 saturated carbocycles. The van der Waals surface area contributed by atoms with Crippen molar-refractivity contribution in [2.75, 3.05) is 20.1 Å². The van der Waals surface area contributed by atoms with Gasteiger partial charge in [-0.05, 0) is 40.3 Å². The third-order valence-corrected chi connectivity index (χ3v) is 1.72. The predicted molar refractivity (Wildman–Crippen MR) is 53.2 cm³/mol. The van der Waals surface area contributed by atoms with E-state index in [1.54, 1.807) is 0 Å². The quantitative estimate of drug-likeness (QED) is 0.614. The van der Waals surface area contributed by atoms with E-state index in [9.17, 15) is 0 Å². The third-order valence-electron chi connectivity index (χ3n) is 1.72. The smallest absolute Gasteiger partial charge is 0.0638 e. The summed E-state index contributed by atoms with van der Waals surface area (Å²) in [6.45, 7) is 9.51. The second-order valence-corrected chi connectivity index (χ2v) is 3.67. The molecular weight excluding hydrogens is 150 g/mol. The Balaban J connectivity index is 3.31. The summed E-state index contributed by atoms with van der Waals surface area (Å²) in [6, 6.07) is 0. The lowest BCUT2D eigenvalue weighted by molar-refractivity contribution is 0.141. The molecular formula is C10H21NO. The van der Waals surface area contributed by atoms with Crippen molar-refractivity contribution in [3.05, 3.63) is 12.2 Å². The molecule has 1 unspecified atom stereocenters. The first-order valence-electron chi connectivity index (χ1n) is 4.53. The average molecular weight is 171 g/mol. The largest absolute Gasteiger partial charge is 0.392 e. The molecule has 2 nitrogen and oxygen atoms in total. The van der Waals surface area contributed by atoms with E-state index in [-0.39, 0.29) is 6.10 Å². The van der Waals surface area contributed by atoms with Crippen LogP contribution in [0, 0.1) is 0 Å². The first kappa shape index (κ1) is 11.7. The fourth-order valence-electron chi connectivity index (χ4n) is 1.19. The van der Waals surface area contributed by atoms with Crippen molar-refractivity contribution < 1.29 is 5.11 Å². The molecule has 72 valence electrons. The molecule has 1 N–H and O–H groups in total. The van der Waals surface area contributed by atoms with E-state index < -0.39 is 0 Å². The zero-order valence-electron chi connectivity index (χ0n) is 8.51. The Labute approximate surface area is 75.9 Å². The zero-order chi connectivity index (χ0) is 9.56. The summed E-state index contributed by atoms with van der Waals surface area (Å²) in [5.41, 5.74) is 1.24. The Morgan fingerprint density at radius 1 is 1.58 bits per heavy atom. The van der Waals surface area contributed by atoms with Crippen LogP contribution in [-0.4, -0.2) is 36.2 Å². The van der Waals surface area contributed by atoms with Gasteiger partial charge >= 0.3 is 0 Å². The number of nitrogens with zero attached hydrogens (tertiary/aromatic N) is 1. The van der Waals surface area contributed by atoms with Crippen molar-refractivity contribution in [1.82, 2.24) is 4.90 Å². The molecule has 0 aliphatic carbocycles. The molecule has 0 heterocycles. The minimum atomic E-state index is -0.222. The van der Waals surface area contributed by atoms with Gasteiger partial charge in [-0.15, -0.1) is 6.58 Å². The van der Waals surface area contributed by atoms with Crippen LogP contribution in [0.3, 0.4) is 0 Å². The van der Waals surface area contributed by atoms with Gasteiger partial charge in [0, 0.05) is 6.54 Å². The summed E-state index contributed by atoms with van der Waals surface area (Å²) in [7, 11) is 2.03. The topological polar surface area (TPSA) is 23.5 Å². The Hall–Kier alpha value is -0.340. The first-order valence-corrected chi connectivity index (χ1v) is 4.53. The first-order chi connectivity index (χ1) is 5.52. The van der Waals surface area contributed by atoms with Gasteiger partial charge < -0.3 is 10.0 Å². The van der Waals surface area contributed by atoms with E-state index in [0.717, 1.165) is 25.9 Å². The summed E-state index contributed by atoms with van der Waals surface area (Å²) in [4.78, 5) is 2.15. The van der Waals surface area contributed by atoms with Crippen LogP contribution >= 0.6 is 0 Å². The lowest BCUT2D eigenvalue weighted by Gasteiger charge is -2.17. The molecule has 0 fully saturated rings. The predicted octanol–water partition coefficient (Wildman–Crippen LogP) is 1.66. The highest BCUT2D eigenvalue weighted by molar-refractivity contribution is 4.87. The maximum Gasteiger partial charge on any atom is 0.0638 e. The Bertz CT molecular complexity index is 132. The summed E-state index contributed by atoms with van der Waals surface area (Å²) < 4.78 is 0. The van der Waals surface area contributed by atoms with E-state index in [4.69, 9.17) is 5.11 Å². The molecule has 0 aliphatic heterocycles. The fourth-order valence-corrected chi connectivity index (χ4v) is 1.19. The van der Waals surface area contributed by atoms with Gasteiger partial charge in [0.1, 0.15) is 0 Å². The summed E-state index contributed by atoms with van der Waals surface area (Å²) >= 11 is 0. The number of rotatable bonds is 6. The summed E-state index contributed by atoms with van der Waals surface area (Å²) in [5, 5.41) is 9.07. The number of likely N-dealkylation sites (N-methyl/N-ethyl adjacent to an activating group) is 1. The standard InChI is InChI=1S/C10H21NO/c1-9(2)6-5-7-11(4)8-10(3)12/h10,12H,1,5-8H2,2-4H3. The maximum atomic E-state index is 9.07. The molecule has 0 saturated heterocycles. The molecule has 12 heavy (non-hydrogen) atoms. The van der Waals surface area contributed by atoms with Gasteiger partial charge in [-0.1, -0.05) is 5.57 Å². The number of allylic oxidation sites excluding steroid dienone is 1. The molecule has 0 rings (SSSR count). The molecule has 0 amide bonds. The highest BCUT2D eigenvalue weighted by Crippen LogP contribution is 2.01. The van der Waals surface area contributed by atoms with E-state index in [0.29, 0.717) is 0 Å². The Morgan fingerprint density at radius 2 is 2.17 bits per heavy atom. The molecule has 0 radical (unpaired) electrons. The SMILES string of the molecule is C=C(C)CCCN(C)CC(C)O. The van der Waals surface area contributed by atoms with Crippen molar-refractivity contribution in [3.63, 3.8) is 0 Å². The minimum absolute atomic E-state index is 0.222. The molecule has 0 aliphatic rings. The molecule has 0 spiro atoms. The fraction of sp³-hybridized carbons (Fsp3) is 0.800. The third kappa shape index (κ3) is 7.76. The Morgan fingerprint density at radius 3 is 2.58 bits per heavy atom. The number of aliphatic hydroxyl groups excluding tert-OH is 1. The van der Waals surface area contributed by atoms with Crippen LogP contribution < -0.4 is 0 Å². The van der Waals surface area contributed by atoms with Crippen molar-refractivity contribution in [2.45, 2.75) is 32.8 Å². The molecule has 2 heteroatoms. The molecule has 0 aromatic carbocycles. The lowest BCUT2D eigenvalue weighted by atomic mass is 10.2. The van der Waals surface area contributed by atoms with Crippen LogP contribution in [0.15, 0.2) is 12.2 Å². The maximum absolute atomic E-state index is 9.07. The number of hydrogen-bond acceptors (Lipinski definition) is 2. The van der Waals surface area contributed by atoms with Crippen LogP contribution in [0.5, 0.6) is 0 Å². The van der Waals surface area contributed by atoms with Crippen LogP contribution in [0.2, 0.25) is 0 Å². The van der Waals surface area contributed by atoms with E-state index in [1.165, 1.54) is 5.57 Å². The number of hydrogen-bond donors (Lipinski definition) is 1. The van der Waals surface area contributed by atoms with Crippen LogP contribution in [-0.2, 0) is 0 Å². The van der Waals surface area contributed by atoms with Crippen LogP contribution in [0.1, 0.15) is 26.7 Å². The van der Waals surface area contributed by atoms with Gasteiger partial charge in [0.25, 0.3) is 0 Å². The molecule has 0 bridgehead atoms.